The van der Waals surface area contributed by atoms with Gasteiger partial charge in [-0.25, -0.2) is 8.78 Å². The first-order valence-corrected chi connectivity index (χ1v) is 6.22. The molecule has 100 valence electrons. The summed E-state index contributed by atoms with van der Waals surface area (Å²) >= 11 is 5.92. The van der Waals surface area contributed by atoms with Crippen LogP contribution in [0.3, 0.4) is 0 Å². The van der Waals surface area contributed by atoms with Crippen molar-refractivity contribution in [2.24, 2.45) is 0 Å². The third-order valence-electron chi connectivity index (χ3n) is 2.86. The zero-order chi connectivity index (χ0) is 14.0. The zero-order valence-electron chi connectivity index (χ0n) is 10.3. The van der Waals surface area contributed by atoms with Gasteiger partial charge in [-0.3, -0.25) is 0 Å². The first-order valence-electron chi connectivity index (χ1n) is 5.85. The SMILES string of the molecule is Cc1cc(Cl)cc(C(O)Cc2ccc(F)c(F)c2)c1. The fraction of sp³-hybridized carbons (Fsp3) is 0.200. The number of aliphatic hydroxyl groups excluding tert-OH is 1. The van der Waals surface area contributed by atoms with Crippen LogP contribution in [0.2, 0.25) is 5.02 Å². The number of benzene rings is 2. The van der Waals surface area contributed by atoms with Gasteiger partial charge in [0.05, 0.1) is 6.10 Å². The number of halogens is 3. The Kier molecular flexibility index (Phi) is 4.17. The second-order valence-electron chi connectivity index (χ2n) is 4.53. The van der Waals surface area contributed by atoms with Gasteiger partial charge in [0.1, 0.15) is 0 Å². The Morgan fingerprint density at radius 3 is 2.47 bits per heavy atom. The van der Waals surface area contributed by atoms with E-state index >= 15 is 0 Å². The van der Waals surface area contributed by atoms with Gasteiger partial charge in [0.2, 0.25) is 0 Å². The van der Waals surface area contributed by atoms with Crippen molar-refractivity contribution in [1.82, 2.24) is 0 Å². The summed E-state index contributed by atoms with van der Waals surface area (Å²) in [5, 5.41) is 10.6. The Labute approximate surface area is 115 Å². The molecule has 4 heteroatoms. The lowest BCUT2D eigenvalue weighted by molar-refractivity contribution is 0.178. The van der Waals surface area contributed by atoms with Crippen LogP contribution in [-0.4, -0.2) is 5.11 Å². The fourth-order valence-electron chi connectivity index (χ4n) is 1.96. The van der Waals surface area contributed by atoms with Crippen LogP contribution in [-0.2, 0) is 6.42 Å². The minimum Gasteiger partial charge on any atom is -0.388 e. The number of aryl methyl sites for hydroxylation is 1. The molecule has 1 atom stereocenters. The lowest BCUT2D eigenvalue weighted by Crippen LogP contribution is -2.03. The topological polar surface area (TPSA) is 20.2 Å². The molecular weight excluding hydrogens is 270 g/mol. The molecule has 0 aliphatic rings. The molecule has 0 radical (unpaired) electrons. The number of rotatable bonds is 3. The molecule has 0 heterocycles. The Hall–Kier alpha value is -1.45. The molecule has 2 aromatic rings. The second kappa shape index (κ2) is 5.68. The minimum atomic E-state index is -0.910. The Balaban J connectivity index is 2.20. The van der Waals surface area contributed by atoms with E-state index in [0.717, 1.165) is 17.7 Å². The molecule has 0 bridgehead atoms. The maximum absolute atomic E-state index is 13.1. The predicted octanol–water partition coefficient (Wildman–Crippen LogP) is 4.20. The van der Waals surface area contributed by atoms with Gasteiger partial charge in [0, 0.05) is 11.4 Å². The molecule has 0 aliphatic carbocycles. The van der Waals surface area contributed by atoms with E-state index in [1.807, 2.05) is 13.0 Å². The summed E-state index contributed by atoms with van der Waals surface area (Å²) in [5.41, 5.74) is 2.13. The second-order valence-corrected chi connectivity index (χ2v) is 4.97. The number of aliphatic hydroxyl groups is 1. The average Bonchev–Trinajstić information content (AvgIpc) is 2.32. The van der Waals surface area contributed by atoms with Crippen LogP contribution in [0, 0.1) is 18.6 Å². The van der Waals surface area contributed by atoms with Crippen LogP contribution in [0.25, 0.3) is 0 Å². The summed E-state index contributed by atoms with van der Waals surface area (Å²) in [6, 6.07) is 8.88. The average molecular weight is 283 g/mol. The van der Waals surface area contributed by atoms with E-state index in [9.17, 15) is 13.9 Å². The molecule has 1 unspecified atom stereocenters. The highest BCUT2D eigenvalue weighted by atomic mass is 35.5. The van der Waals surface area contributed by atoms with E-state index in [0.29, 0.717) is 16.1 Å². The Morgan fingerprint density at radius 2 is 1.84 bits per heavy atom. The van der Waals surface area contributed by atoms with Crippen molar-refractivity contribution in [3.8, 4) is 0 Å². The van der Waals surface area contributed by atoms with Crippen molar-refractivity contribution >= 4 is 11.6 Å². The highest BCUT2D eigenvalue weighted by Gasteiger charge is 2.11. The molecule has 0 aromatic heterocycles. The highest BCUT2D eigenvalue weighted by molar-refractivity contribution is 6.30. The first-order chi connectivity index (χ1) is 8.95. The quantitative estimate of drug-likeness (QED) is 0.894. The smallest absolute Gasteiger partial charge is 0.159 e. The zero-order valence-corrected chi connectivity index (χ0v) is 11.1. The van der Waals surface area contributed by atoms with Gasteiger partial charge in [-0.15, -0.1) is 0 Å². The molecule has 0 aliphatic heterocycles. The summed E-state index contributed by atoms with van der Waals surface area (Å²) in [5.74, 6) is -1.80. The molecule has 2 aromatic carbocycles. The van der Waals surface area contributed by atoms with Crippen LogP contribution in [0.5, 0.6) is 0 Å². The van der Waals surface area contributed by atoms with E-state index in [1.165, 1.54) is 6.07 Å². The van der Waals surface area contributed by atoms with Crippen LogP contribution in [0.4, 0.5) is 8.78 Å². The van der Waals surface area contributed by atoms with Gasteiger partial charge >= 0.3 is 0 Å². The molecule has 0 saturated heterocycles. The summed E-state index contributed by atoms with van der Waals surface area (Å²) in [4.78, 5) is 0. The van der Waals surface area contributed by atoms with E-state index in [2.05, 4.69) is 0 Å². The Morgan fingerprint density at radius 1 is 1.11 bits per heavy atom. The van der Waals surface area contributed by atoms with Gasteiger partial charge in [-0.1, -0.05) is 23.7 Å². The minimum absolute atomic E-state index is 0.205. The standard InChI is InChI=1S/C15H13ClF2O/c1-9-4-11(8-12(16)5-9)15(19)7-10-2-3-13(17)14(18)6-10/h2-6,8,15,19H,7H2,1H3. The summed E-state index contributed by atoms with van der Waals surface area (Å²) < 4.78 is 25.9. The lowest BCUT2D eigenvalue weighted by atomic mass is 10.00. The van der Waals surface area contributed by atoms with Gasteiger partial charge in [0.15, 0.2) is 11.6 Å². The first kappa shape index (κ1) is 14.0. The molecule has 0 amide bonds. The summed E-state index contributed by atoms with van der Waals surface area (Å²) in [7, 11) is 0. The van der Waals surface area contributed by atoms with Crippen molar-refractivity contribution in [3.63, 3.8) is 0 Å². The maximum Gasteiger partial charge on any atom is 0.159 e. The van der Waals surface area contributed by atoms with Crippen LogP contribution in [0.1, 0.15) is 22.8 Å². The highest BCUT2D eigenvalue weighted by Crippen LogP contribution is 2.23. The molecule has 1 N–H and O–H groups in total. The Bertz CT molecular complexity index is 578. The van der Waals surface area contributed by atoms with Crippen molar-refractivity contribution in [2.75, 3.05) is 0 Å². The monoisotopic (exact) mass is 282 g/mol. The molecule has 0 spiro atoms. The van der Waals surface area contributed by atoms with Crippen LogP contribution in [0.15, 0.2) is 36.4 Å². The number of hydrogen-bond donors (Lipinski definition) is 1. The van der Waals surface area contributed by atoms with Crippen molar-refractivity contribution in [2.45, 2.75) is 19.4 Å². The fourth-order valence-corrected chi connectivity index (χ4v) is 2.26. The van der Waals surface area contributed by atoms with Crippen molar-refractivity contribution < 1.29 is 13.9 Å². The van der Waals surface area contributed by atoms with Gasteiger partial charge in [0.25, 0.3) is 0 Å². The van der Waals surface area contributed by atoms with E-state index in [4.69, 9.17) is 11.6 Å². The van der Waals surface area contributed by atoms with Crippen molar-refractivity contribution in [3.05, 3.63) is 69.7 Å². The van der Waals surface area contributed by atoms with Crippen LogP contribution < -0.4 is 0 Å². The normalized spacial score (nSPS) is 12.5. The molecular formula is C15H13ClF2O. The predicted molar refractivity (Wildman–Crippen MR) is 71.2 cm³/mol. The molecule has 1 nitrogen and oxygen atoms in total. The maximum atomic E-state index is 13.1. The van der Waals surface area contributed by atoms with Crippen molar-refractivity contribution in [1.29, 1.82) is 0 Å². The van der Waals surface area contributed by atoms with E-state index < -0.39 is 17.7 Å². The molecule has 0 fully saturated rings. The summed E-state index contributed by atoms with van der Waals surface area (Å²) in [6.07, 6.45) is -0.598. The molecule has 19 heavy (non-hydrogen) atoms. The summed E-state index contributed by atoms with van der Waals surface area (Å²) in [6.45, 7) is 1.87. The number of hydrogen-bond acceptors (Lipinski definition) is 1. The molecule has 0 saturated carbocycles. The van der Waals surface area contributed by atoms with E-state index in [1.54, 1.807) is 12.1 Å². The van der Waals surface area contributed by atoms with E-state index in [-0.39, 0.29) is 6.42 Å². The third kappa shape index (κ3) is 3.52. The van der Waals surface area contributed by atoms with Gasteiger partial charge in [-0.2, -0.15) is 0 Å². The lowest BCUT2D eigenvalue weighted by Gasteiger charge is -2.12. The van der Waals surface area contributed by atoms with Gasteiger partial charge in [-0.05, 0) is 47.9 Å². The molecule has 2 rings (SSSR count). The third-order valence-corrected chi connectivity index (χ3v) is 3.08. The van der Waals surface area contributed by atoms with Gasteiger partial charge < -0.3 is 5.11 Å². The van der Waals surface area contributed by atoms with Crippen LogP contribution >= 0.6 is 11.6 Å². The largest absolute Gasteiger partial charge is 0.388 e.